The second-order valence-corrected chi connectivity index (χ2v) is 9.36. The first-order valence-corrected chi connectivity index (χ1v) is 12.2. The summed E-state index contributed by atoms with van der Waals surface area (Å²) in [7, 11) is 1.45. The van der Waals surface area contributed by atoms with Crippen LogP contribution in [-0.2, 0) is 4.79 Å². The normalized spacial score (nSPS) is 11.5. The van der Waals surface area contributed by atoms with Gasteiger partial charge in [-0.1, -0.05) is 0 Å². The van der Waals surface area contributed by atoms with E-state index in [1.807, 2.05) is 0 Å². The minimum absolute atomic E-state index is 0.00351. The van der Waals surface area contributed by atoms with Crippen molar-refractivity contribution in [3.63, 3.8) is 0 Å². The molecule has 0 atom stereocenters. The summed E-state index contributed by atoms with van der Waals surface area (Å²) in [4.78, 5) is 38.4. The van der Waals surface area contributed by atoms with Crippen molar-refractivity contribution in [2.24, 2.45) is 5.10 Å². The summed E-state index contributed by atoms with van der Waals surface area (Å²) in [5.74, 6) is -2.86. The molecule has 196 valence electrons. The van der Waals surface area contributed by atoms with Crippen LogP contribution in [0, 0.1) is 0 Å². The van der Waals surface area contributed by atoms with Gasteiger partial charge >= 0.3 is 12.3 Å². The van der Waals surface area contributed by atoms with Crippen LogP contribution in [-0.4, -0.2) is 59.1 Å². The van der Waals surface area contributed by atoms with Gasteiger partial charge in [-0.2, -0.15) is 10.1 Å². The second-order valence-electron chi connectivity index (χ2n) is 7.40. The number of carboxylic acids is 1. The molecule has 2 amide bonds. The molecule has 0 aliphatic heterocycles. The Hall–Kier alpha value is -3.91. The fraction of sp³-hybridized carbons (Fsp3) is 0.217. The fourth-order valence-electron chi connectivity index (χ4n) is 3.07. The first kappa shape index (κ1) is 27.7. The van der Waals surface area contributed by atoms with Crippen LogP contribution in [0.4, 0.5) is 18.9 Å². The molecular weight excluding hydrogens is 535 g/mol. The third-order valence-corrected chi connectivity index (χ3v) is 6.85. The number of halogens is 3. The number of nitrogens with zero attached hydrogens (tertiary/aromatic N) is 3. The van der Waals surface area contributed by atoms with E-state index in [1.54, 1.807) is 6.92 Å². The number of carboxylic acid groups (broad SMARTS) is 1. The molecule has 0 saturated heterocycles. The van der Waals surface area contributed by atoms with E-state index in [2.05, 4.69) is 9.84 Å². The van der Waals surface area contributed by atoms with Crippen molar-refractivity contribution in [2.45, 2.75) is 19.7 Å². The molecule has 14 heteroatoms. The number of rotatable bonds is 9. The van der Waals surface area contributed by atoms with Gasteiger partial charge < -0.3 is 19.8 Å². The molecule has 2 heterocycles. The first-order chi connectivity index (χ1) is 17.4. The predicted octanol–water partition coefficient (Wildman–Crippen LogP) is 5.28. The second kappa shape index (κ2) is 11.4. The lowest BCUT2D eigenvalue weighted by molar-refractivity contribution is -0.274. The largest absolute Gasteiger partial charge is 0.573 e. The van der Waals surface area contributed by atoms with E-state index in [4.69, 9.17) is 5.11 Å². The van der Waals surface area contributed by atoms with E-state index < -0.39 is 29.9 Å². The molecule has 0 unspecified atom stereocenters. The van der Waals surface area contributed by atoms with Crippen molar-refractivity contribution >= 4 is 52.4 Å². The number of hydrogen-bond donors (Lipinski definition) is 2. The van der Waals surface area contributed by atoms with Crippen LogP contribution in [0.25, 0.3) is 10.4 Å². The van der Waals surface area contributed by atoms with Gasteiger partial charge in [-0.15, -0.1) is 35.8 Å². The Morgan fingerprint density at radius 2 is 1.70 bits per heavy atom. The highest BCUT2D eigenvalue weighted by Crippen LogP contribution is 2.44. The SMILES string of the molecule is CC=NN(C(=O)c1ccc(C(=O)N(C)CCC(=O)O)s1)c1csc(-c2ccc(OC(F)(F)F)cc2)c1O. The lowest BCUT2D eigenvalue weighted by Crippen LogP contribution is -2.28. The number of thiophene rings is 2. The summed E-state index contributed by atoms with van der Waals surface area (Å²) < 4.78 is 41.1. The molecule has 0 bridgehead atoms. The minimum Gasteiger partial charge on any atom is -0.504 e. The van der Waals surface area contributed by atoms with Gasteiger partial charge in [0.2, 0.25) is 0 Å². The van der Waals surface area contributed by atoms with Gasteiger partial charge in [0.05, 0.1) is 21.1 Å². The quantitative estimate of drug-likeness (QED) is 0.274. The summed E-state index contributed by atoms with van der Waals surface area (Å²) in [6, 6.07) is 7.74. The topological polar surface area (TPSA) is 120 Å². The zero-order valence-corrected chi connectivity index (χ0v) is 21.0. The zero-order valence-electron chi connectivity index (χ0n) is 19.4. The lowest BCUT2D eigenvalue weighted by atomic mass is 10.1. The van der Waals surface area contributed by atoms with Gasteiger partial charge in [-0.25, -0.2) is 0 Å². The van der Waals surface area contributed by atoms with Gasteiger partial charge in [-0.05, 0) is 48.9 Å². The number of aromatic hydroxyl groups is 1. The maximum atomic E-state index is 13.2. The Bertz CT molecular complexity index is 1320. The average Bonchev–Trinajstić information content (AvgIpc) is 3.47. The van der Waals surface area contributed by atoms with Crippen LogP contribution >= 0.6 is 22.7 Å². The Kier molecular flexibility index (Phi) is 8.55. The highest BCUT2D eigenvalue weighted by molar-refractivity contribution is 7.16. The van der Waals surface area contributed by atoms with E-state index in [1.165, 1.54) is 47.8 Å². The molecule has 9 nitrogen and oxygen atoms in total. The summed E-state index contributed by atoms with van der Waals surface area (Å²) in [5, 5.41) is 26.1. The molecule has 0 spiro atoms. The van der Waals surface area contributed by atoms with Crippen LogP contribution in [0.1, 0.15) is 32.7 Å². The lowest BCUT2D eigenvalue weighted by Gasteiger charge is -2.16. The highest BCUT2D eigenvalue weighted by atomic mass is 32.1. The van der Waals surface area contributed by atoms with E-state index >= 15 is 0 Å². The van der Waals surface area contributed by atoms with Crippen LogP contribution in [0.3, 0.4) is 0 Å². The van der Waals surface area contributed by atoms with E-state index in [9.17, 15) is 32.7 Å². The Morgan fingerprint density at radius 3 is 2.27 bits per heavy atom. The summed E-state index contributed by atoms with van der Waals surface area (Å²) in [5.41, 5.74) is 0.433. The molecule has 0 aliphatic carbocycles. The molecule has 2 aromatic heterocycles. The number of benzene rings is 1. The third-order valence-electron chi connectivity index (χ3n) is 4.78. The number of amides is 2. The number of alkyl halides is 3. The molecule has 0 fully saturated rings. The number of aliphatic carboxylic acids is 1. The first-order valence-electron chi connectivity index (χ1n) is 10.5. The van der Waals surface area contributed by atoms with Crippen LogP contribution in [0.2, 0.25) is 0 Å². The predicted molar refractivity (Wildman–Crippen MR) is 133 cm³/mol. The molecule has 1 aromatic carbocycles. The number of hydrogen-bond acceptors (Lipinski definition) is 8. The number of anilines is 1. The number of hydrazone groups is 1. The maximum Gasteiger partial charge on any atom is 0.573 e. The van der Waals surface area contributed by atoms with Crippen molar-refractivity contribution in [3.8, 4) is 21.9 Å². The Balaban J connectivity index is 1.83. The van der Waals surface area contributed by atoms with E-state index in [0.717, 1.165) is 39.8 Å². The van der Waals surface area contributed by atoms with E-state index in [-0.39, 0.29) is 34.2 Å². The molecular formula is C23H20F3N3O6S2. The van der Waals surface area contributed by atoms with Crippen LogP contribution < -0.4 is 9.75 Å². The molecule has 2 N–H and O–H groups in total. The maximum absolute atomic E-state index is 13.2. The van der Waals surface area contributed by atoms with Crippen molar-refractivity contribution < 1.29 is 42.5 Å². The van der Waals surface area contributed by atoms with Gasteiger partial charge in [0, 0.05) is 25.2 Å². The Morgan fingerprint density at radius 1 is 1.08 bits per heavy atom. The zero-order chi connectivity index (χ0) is 27.3. The number of ether oxygens (including phenoxy) is 1. The van der Waals surface area contributed by atoms with E-state index in [0.29, 0.717) is 10.4 Å². The minimum atomic E-state index is -4.83. The smallest absolute Gasteiger partial charge is 0.504 e. The average molecular weight is 556 g/mol. The third kappa shape index (κ3) is 6.86. The number of carbonyl (C=O) groups is 3. The summed E-state index contributed by atoms with van der Waals surface area (Å²) in [6.07, 6.45) is -3.73. The number of carbonyl (C=O) groups excluding carboxylic acids is 2. The molecule has 0 radical (unpaired) electrons. The standard InChI is InChI=1S/C23H20F3N3O6S2/c1-3-27-29(22(34)17-9-8-16(37-17)21(33)28(2)11-10-18(30)31)15-12-36-20(19(15)32)13-4-6-14(7-5-13)35-23(24,25)26/h3-9,12,32H,10-11H2,1-2H3,(H,30,31). The Labute approximate surface area is 216 Å². The van der Waals surface area contributed by atoms with Gasteiger partial charge in [0.1, 0.15) is 11.4 Å². The molecule has 3 aromatic rings. The van der Waals surface area contributed by atoms with Crippen molar-refractivity contribution in [1.82, 2.24) is 4.90 Å². The van der Waals surface area contributed by atoms with Gasteiger partial charge in [0.25, 0.3) is 11.8 Å². The highest BCUT2D eigenvalue weighted by Gasteiger charge is 2.31. The molecule has 0 aliphatic rings. The molecule has 0 saturated carbocycles. The van der Waals surface area contributed by atoms with Crippen LogP contribution in [0.15, 0.2) is 46.9 Å². The van der Waals surface area contributed by atoms with Gasteiger partial charge in [0.15, 0.2) is 5.75 Å². The summed E-state index contributed by atoms with van der Waals surface area (Å²) in [6.45, 7) is 1.56. The van der Waals surface area contributed by atoms with Crippen molar-refractivity contribution in [2.75, 3.05) is 18.6 Å². The molecule has 37 heavy (non-hydrogen) atoms. The molecule has 3 rings (SSSR count). The van der Waals surface area contributed by atoms with Crippen molar-refractivity contribution in [1.29, 1.82) is 0 Å². The fourth-order valence-corrected chi connectivity index (χ4v) is 4.93. The van der Waals surface area contributed by atoms with Crippen LogP contribution in [0.5, 0.6) is 11.5 Å². The van der Waals surface area contributed by atoms with Gasteiger partial charge in [-0.3, -0.25) is 14.4 Å². The monoisotopic (exact) mass is 555 g/mol. The summed E-state index contributed by atoms with van der Waals surface area (Å²) >= 11 is 1.94. The van der Waals surface area contributed by atoms with Crippen molar-refractivity contribution in [3.05, 3.63) is 51.5 Å².